The van der Waals surface area contributed by atoms with Gasteiger partial charge in [-0.05, 0) is 36.4 Å². The Morgan fingerprint density at radius 1 is 1.12 bits per heavy atom. The first-order valence-electron chi connectivity index (χ1n) is 7.23. The Morgan fingerprint density at radius 2 is 1.92 bits per heavy atom. The van der Waals surface area contributed by atoms with Gasteiger partial charge >= 0.3 is 5.97 Å². The molecule has 24 heavy (non-hydrogen) atoms. The molecule has 1 aromatic heterocycles. The molecule has 0 saturated carbocycles. The van der Waals surface area contributed by atoms with Gasteiger partial charge in [0.05, 0.1) is 0 Å². The maximum absolute atomic E-state index is 11.7. The van der Waals surface area contributed by atoms with Gasteiger partial charge in [0.25, 0.3) is 5.22 Å². The van der Waals surface area contributed by atoms with Crippen LogP contribution in [0.3, 0.4) is 0 Å². The highest BCUT2D eigenvalue weighted by Crippen LogP contribution is 2.23. The zero-order valence-corrected chi connectivity index (χ0v) is 15.0. The smallest absolute Gasteiger partial charge is 0.316 e. The fourth-order valence-electron chi connectivity index (χ4n) is 1.92. The van der Waals surface area contributed by atoms with Crippen LogP contribution in [-0.4, -0.2) is 29.9 Å². The number of hydrogen-bond acceptors (Lipinski definition) is 6. The van der Waals surface area contributed by atoms with E-state index in [9.17, 15) is 4.79 Å². The number of fused-ring (bicyclic) bond motifs is 1. The highest BCUT2D eigenvalue weighted by atomic mass is 79.9. The molecule has 0 N–H and O–H groups in total. The molecule has 0 aliphatic rings. The molecule has 2 aromatic carbocycles. The first-order valence-corrected chi connectivity index (χ1v) is 9.01. The highest BCUT2D eigenvalue weighted by molar-refractivity contribution is 9.10. The summed E-state index contributed by atoms with van der Waals surface area (Å²) >= 11 is 4.57. The molecule has 0 aliphatic carbocycles. The Hall–Kier alpha value is -1.99. The van der Waals surface area contributed by atoms with Crippen molar-refractivity contribution in [2.24, 2.45) is 0 Å². The lowest BCUT2D eigenvalue weighted by atomic mass is 10.3. The van der Waals surface area contributed by atoms with E-state index in [2.05, 4.69) is 20.9 Å². The van der Waals surface area contributed by atoms with Crippen LogP contribution in [0.2, 0.25) is 0 Å². The molecule has 0 amide bonds. The molecule has 0 bridgehead atoms. The molecule has 0 unspecified atom stereocenters. The lowest BCUT2D eigenvalue weighted by Crippen LogP contribution is -2.13. The first kappa shape index (κ1) is 16.9. The van der Waals surface area contributed by atoms with Crippen molar-refractivity contribution in [1.82, 2.24) is 4.98 Å². The van der Waals surface area contributed by atoms with Crippen molar-refractivity contribution in [3.8, 4) is 5.75 Å². The van der Waals surface area contributed by atoms with E-state index in [1.807, 2.05) is 48.5 Å². The number of carbonyl (C=O) groups excluding carboxylic acids is 1. The van der Waals surface area contributed by atoms with Crippen LogP contribution in [0.1, 0.15) is 0 Å². The van der Waals surface area contributed by atoms with Gasteiger partial charge in [0, 0.05) is 4.47 Å². The summed E-state index contributed by atoms with van der Waals surface area (Å²) in [6.45, 7) is 0.504. The summed E-state index contributed by atoms with van der Waals surface area (Å²) in [6.07, 6.45) is 0. The SMILES string of the molecule is O=C(CSc1nc2ccccc2o1)OCCOc1ccc(Br)cc1. The maximum atomic E-state index is 11.7. The van der Waals surface area contributed by atoms with E-state index < -0.39 is 0 Å². The summed E-state index contributed by atoms with van der Waals surface area (Å²) in [5.74, 6) is 0.544. The second-order valence-electron chi connectivity index (χ2n) is 4.76. The summed E-state index contributed by atoms with van der Waals surface area (Å²) in [5, 5.41) is 0.458. The fourth-order valence-corrected chi connectivity index (χ4v) is 2.82. The van der Waals surface area contributed by atoms with E-state index in [1.54, 1.807) is 0 Å². The molecule has 0 atom stereocenters. The molecule has 7 heteroatoms. The van der Waals surface area contributed by atoms with Crippen LogP contribution in [0.15, 0.2) is 62.6 Å². The number of rotatable bonds is 7. The number of ether oxygens (including phenoxy) is 2. The standard InChI is InChI=1S/C17H14BrNO4S/c18-12-5-7-13(8-6-12)21-9-10-22-16(20)11-24-17-19-14-3-1-2-4-15(14)23-17/h1-8H,9-11H2. The highest BCUT2D eigenvalue weighted by Gasteiger charge is 2.10. The van der Waals surface area contributed by atoms with Crippen molar-refractivity contribution in [3.63, 3.8) is 0 Å². The second-order valence-corrected chi connectivity index (χ2v) is 6.60. The number of para-hydroxylation sites is 2. The van der Waals surface area contributed by atoms with Crippen molar-refractivity contribution in [2.45, 2.75) is 5.22 Å². The summed E-state index contributed by atoms with van der Waals surface area (Å²) < 4.78 is 17.1. The van der Waals surface area contributed by atoms with Crippen LogP contribution in [-0.2, 0) is 9.53 Å². The molecule has 0 spiro atoms. The van der Waals surface area contributed by atoms with Crippen LogP contribution < -0.4 is 4.74 Å². The molecule has 0 fully saturated rings. The van der Waals surface area contributed by atoms with Gasteiger partial charge in [0.15, 0.2) is 5.58 Å². The van der Waals surface area contributed by atoms with Gasteiger partial charge in [-0.2, -0.15) is 0 Å². The van der Waals surface area contributed by atoms with Gasteiger partial charge in [0.2, 0.25) is 0 Å². The minimum absolute atomic E-state index is 0.144. The number of benzene rings is 2. The van der Waals surface area contributed by atoms with Crippen molar-refractivity contribution < 1.29 is 18.7 Å². The molecule has 0 aliphatic heterocycles. The van der Waals surface area contributed by atoms with E-state index in [1.165, 1.54) is 11.8 Å². The second kappa shape index (κ2) is 8.21. The fraction of sp³-hybridized carbons (Fsp3) is 0.176. The average Bonchev–Trinajstić information content (AvgIpc) is 3.01. The maximum Gasteiger partial charge on any atom is 0.316 e. The molecule has 3 aromatic rings. The number of halogens is 1. The Morgan fingerprint density at radius 3 is 2.71 bits per heavy atom. The van der Waals surface area contributed by atoms with E-state index in [0.29, 0.717) is 17.4 Å². The van der Waals surface area contributed by atoms with Crippen molar-refractivity contribution in [1.29, 1.82) is 0 Å². The third kappa shape index (κ3) is 4.75. The predicted octanol–water partition coefficient (Wildman–Crippen LogP) is 4.30. The van der Waals surface area contributed by atoms with E-state index in [-0.39, 0.29) is 18.3 Å². The number of thioether (sulfide) groups is 1. The van der Waals surface area contributed by atoms with Gasteiger partial charge < -0.3 is 13.9 Å². The van der Waals surface area contributed by atoms with E-state index >= 15 is 0 Å². The average molecular weight is 408 g/mol. The molecular weight excluding hydrogens is 394 g/mol. The molecule has 0 saturated heterocycles. The van der Waals surface area contributed by atoms with Gasteiger partial charge in [-0.3, -0.25) is 4.79 Å². The number of esters is 1. The molecule has 124 valence electrons. The summed E-state index contributed by atoms with van der Waals surface area (Å²) in [4.78, 5) is 16.0. The largest absolute Gasteiger partial charge is 0.490 e. The molecule has 0 radical (unpaired) electrons. The topological polar surface area (TPSA) is 61.6 Å². The quantitative estimate of drug-likeness (QED) is 0.330. The third-order valence-electron chi connectivity index (χ3n) is 3.02. The third-order valence-corrected chi connectivity index (χ3v) is 4.35. The van der Waals surface area contributed by atoms with E-state index in [4.69, 9.17) is 13.9 Å². The van der Waals surface area contributed by atoms with Gasteiger partial charge in [-0.15, -0.1) is 0 Å². The van der Waals surface area contributed by atoms with Gasteiger partial charge in [-0.1, -0.05) is 39.8 Å². The minimum atomic E-state index is -0.332. The molecular formula is C17H14BrNO4S. The molecule has 1 heterocycles. The zero-order chi connectivity index (χ0) is 16.8. The predicted molar refractivity (Wildman–Crippen MR) is 95.3 cm³/mol. The lowest BCUT2D eigenvalue weighted by Gasteiger charge is -2.07. The number of carbonyl (C=O) groups is 1. The summed E-state index contributed by atoms with van der Waals surface area (Å²) in [6, 6.07) is 14.9. The number of nitrogens with zero attached hydrogens (tertiary/aromatic N) is 1. The zero-order valence-electron chi connectivity index (χ0n) is 12.6. The summed E-state index contributed by atoms with van der Waals surface area (Å²) in [5.41, 5.74) is 1.48. The normalized spacial score (nSPS) is 10.7. The molecule has 3 rings (SSSR count). The first-order chi connectivity index (χ1) is 11.7. The number of oxazole rings is 1. The molecule has 5 nitrogen and oxygen atoms in total. The van der Waals surface area contributed by atoms with E-state index in [0.717, 1.165) is 15.7 Å². The minimum Gasteiger partial charge on any atom is -0.490 e. The number of hydrogen-bond donors (Lipinski definition) is 0. The van der Waals surface area contributed by atoms with Crippen molar-refractivity contribution in [3.05, 3.63) is 53.0 Å². The monoisotopic (exact) mass is 407 g/mol. The Kier molecular flexibility index (Phi) is 5.77. The van der Waals surface area contributed by atoms with Gasteiger partial charge in [0.1, 0.15) is 30.2 Å². The van der Waals surface area contributed by atoms with Crippen LogP contribution in [0.5, 0.6) is 5.75 Å². The van der Waals surface area contributed by atoms with Crippen LogP contribution in [0, 0.1) is 0 Å². The van der Waals surface area contributed by atoms with Gasteiger partial charge in [-0.25, -0.2) is 4.98 Å². The van der Waals surface area contributed by atoms with Crippen molar-refractivity contribution in [2.75, 3.05) is 19.0 Å². The Balaban J connectivity index is 1.37. The van der Waals surface area contributed by atoms with Crippen molar-refractivity contribution >= 4 is 44.8 Å². The van der Waals surface area contributed by atoms with Crippen LogP contribution in [0.25, 0.3) is 11.1 Å². The van der Waals surface area contributed by atoms with Crippen LogP contribution >= 0.6 is 27.7 Å². The van der Waals surface area contributed by atoms with Crippen LogP contribution in [0.4, 0.5) is 0 Å². The number of aromatic nitrogens is 1. The lowest BCUT2D eigenvalue weighted by molar-refractivity contribution is -0.141. The Bertz CT molecular complexity index is 786. The summed E-state index contributed by atoms with van der Waals surface area (Å²) in [7, 11) is 0. The Labute approximate surface area is 151 Å².